The van der Waals surface area contributed by atoms with Crippen LogP contribution in [0.1, 0.15) is 4.88 Å². The van der Waals surface area contributed by atoms with Crippen molar-refractivity contribution >= 4 is 56.8 Å². The third-order valence-corrected chi connectivity index (χ3v) is 6.12. The Kier molecular flexibility index (Phi) is 5.60. The number of fused-ring (bicyclic) bond motifs is 1. The zero-order valence-electron chi connectivity index (χ0n) is 13.0. The Balaban J connectivity index is 0.000000815. The highest BCUT2D eigenvalue weighted by Crippen LogP contribution is 2.47. The number of hydrogen-bond donors (Lipinski definition) is 1. The molecule has 2 N–H and O–H groups in total. The van der Waals surface area contributed by atoms with Gasteiger partial charge < -0.3 is 10.6 Å². The fraction of sp³-hybridized carbons (Fsp3) is 0.400. The van der Waals surface area contributed by atoms with Gasteiger partial charge in [0.15, 0.2) is 11.0 Å². The Morgan fingerprint density at radius 2 is 2.12 bits per heavy atom. The number of hydrogen-bond acceptors (Lipinski definition) is 7. The van der Waals surface area contributed by atoms with E-state index in [1.807, 2.05) is 11.0 Å². The van der Waals surface area contributed by atoms with E-state index < -0.39 is 5.82 Å². The second-order valence-electron chi connectivity index (χ2n) is 5.44. The first-order valence-electron chi connectivity index (χ1n) is 7.30. The molecule has 9 heteroatoms. The molecule has 0 radical (unpaired) electrons. The summed E-state index contributed by atoms with van der Waals surface area (Å²) in [6.07, 6.45) is 2.41. The van der Waals surface area contributed by atoms with Crippen molar-refractivity contribution in [1.29, 1.82) is 0 Å². The van der Waals surface area contributed by atoms with E-state index in [9.17, 15) is 4.39 Å². The van der Waals surface area contributed by atoms with Crippen molar-refractivity contribution in [1.82, 2.24) is 9.97 Å². The molecule has 24 heavy (non-hydrogen) atoms. The van der Waals surface area contributed by atoms with Gasteiger partial charge in [0.1, 0.15) is 5.54 Å². The van der Waals surface area contributed by atoms with E-state index in [0.29, 0.717) is 23.6 Å². The lowest BCUT2D eigenvalue weighted by atomic mass is 9.87. The first kappa shape index (κ1) is 17.9. The molecule has 0 saturated carbocycles. The first-order valence-corrected chi connectivity index (χ1v) is 11.3. The molecule has 4 heterocycles. The van der Waals surface area contributed by atoms with Gasteiger partial charge in [0.05, 0.1) is 18.9 Å². The molecule has 2 aromatic heterocycles. The summed E-state index contributed by atoms with van der Waals surface area (Å²) in [6.45, 7) is 1.47. The number of thioether (sulfide) groups is 1. The average molecular weight is 477 g/mol. The van der Waals surface area contributed by atoms with Crippen LogP contribution in [0.5, 0.6) is 0 Å². The molecule has 0 spiro atoms. The van der Waals surface area contributed by atoms with E-state index in [-0.39, 0.29) is 5.54 Å². The number of aliphatic imine (C=N–C) groups is 1. The second-order valence-corrected chi connectivity index (χ2v) is 7.43. The van der Waals surface area contributed by atoms with E-state index in [1.165, 1.54) is 17.3 Å². The number of amidine groups is 1. The first-order chi connectivity index (χ1) is 11.7. The smallest absolute Gasteiger partial charge is 0.225 e. The number of anilines is 1. The molecule has 1 fully saturated rings. The number of aromatic nitrogens is 2. The Morgan fingerprint density at radius 3 is 2.79 bits per heavy atom. The Hall–Kier alpha value is -0.940. The van der Waals surface area contributed by atoms with E-state index in [1.54, 1.807) is 23.1 Å². The van der Waals surface area contributed by atoms with Gasteiger partial charge in [-0.3, -0.25) is 0 Å². The highest BCUT2D eigenvalue weighted by molar-refractivity contribution is 14.1. The van der Waals surface area contributed by atoms with Crippen molar-refractivity contribution < 1.29 is 4.39 Å². The van der Waals surface area contributed by atoms with Crippen LogP contribution in [0.25, 0.3) is 0 Å². The van der Waals surface area contributed by atoms with Crippen LogP contribution >= 0.6 is 45.7 Å². The number of nitrogens with zero attached hydrogens (tertiary/aromatic N) is 4. The van der Waals surface area contributed by atoms with Gasteiger partial charge in [-0.25, -0.2) is 19.4 Å². The molecule has 2 atom stereocenters. The molecule has 0 bridgehead atoms. The number of halogens is 2. The summed E-state index contributed by atoms with van der Waals surface area (Å²) in [4.78, 5) is 18.3. The highest BCUT2D eigenvalue weighted by atomic mass is 127. The quantitative estimate of drug-likeness (QED) is 0.532. The molecule has 4 rings (SSSR count). The van der Waals surface area contributed by atoms with Crippen LogP contribution in [-0.2, 0) is 5.54 Å². The molecule has 0 aromatic carbocycles. The SMILES string of the molecule is CI.NC1=N[C@@]2(c3cccs3)CN(c3ncc(F)cn3)C[C@H]2CS1. The molecule has 0 unspecified atom stereocenters. The minimum atomic E-state index is -0.425. The molecule has 128 valence electrons. The fourth-order valence-electron chi connectivity index (χ4n) is 3.11. The maximum atomic E-state index is 13.0. The molecular formula is C15H17FIN5S2. The van der Waals surface area contributed by atoms with Crippen molar-refractivity contribution in [2.24, 2.45) is 16.6 Å². The topological polar surface area (TPSA) is 67.4 Å². The number of rotatable bonds is 2. The normalized spacial score (nSPS) is 25.5. The lowest BCUT2D eigenvalue weighted by Gasteiger charge is -2.33. The maximum Gasteiger partial charge on any atom is 0.225 e. The molecule has 2 aromatic rings. The van der Waals surface area contributed by atoms with Gasteiger partial charge in [-0.15, -0.1) is 11.3 Å². The largest absolute Gasteiger partial charge is 0.379 e. The zero-order chi connectivity index (χ0) is 17.2. The minimum Gasteiger partial charge on any atom is -0.379 e. The van der Waals surface area contributed by atoms with Gasteiger partial charge in [-0.05, 0) is 16.4 Å². The summed E-state index contributed by atoms with van der Waals surface area (Å²) < 4.78 is 13.0. The van der Waals surface area contributed by atoms with Crippen LogP contribution in [0.4, 0.5) is 10.3 Å². The second kappa shape index (κ2) is 7.52. The Bertz CT molecular complexity index is 709. The molecule has 2 aliphatic rings. The average Bonchev–Trinajstić information content (AvgIpc) is 3.25. The summed E-state index contributed by atoms with van der Waals surface area (Å²) in [6, 6.07) is 4.15. The van der Waals surface area contributed by atoms with Gasteiger partial charge in [-0.1, -0.05) is 40.4 Å². The lowest BCUT2D eigenvalue weighted by Crippen LogP contribution is -2.39. The standard InChI is InChI=1S/C14H14FN5S2.CH3I/c15-10-4-17-13(18-5-10)20-6-9-7-22-12(16)19-14(9,8-20)11-2-1-3-21-11;1-2/h1-5,9H,6-8H2,(H2,16,19);1H3/t9-,14-;/m0./s1. The predicted molar refractivity (Wildman–Crippen MR) is 108 cm³/mol. The molecular weight excluding hydrogens is 460 g/mol. The number of alkyl halides is 1. The number of thiophene rings is 1. The van der Waals surface area contributed by atoms with E-state index in [0.717, 1.165) is 12.3 Å². The Morgan fingerprint density at radius 1 is 1.38 bits per heavy atom. The van der Waals surface area contributed by atoms with Crippen LogP contribution in [0.2, 0.25) is 0 Å². The molecule has 5 nitrogen and oxygen atoms in total. The summed E-state index contributed by atoms with van der Waals surface area (Å²) >= 11 is 5.44. The van der Waals surface area contributed by atoms with Crippen molar-refractivity contribution in [3.63, 3.8) is 0 Å². The van der Waals surface area contributed by atoms with Crippen LogP contribution in [0, 0.1) is 11.7 Å². The Labute approximate surface area is 162 Å². The molecule has 0 amide bonds. The van der Waals surface area contributed by atoms with Gasteiger partial charge in [-0.2, -0.15) is 0 Å². The van der Waals surface area contributed by atoms with Gasteiger partial charge in [0, 0.05) is 23.1 Å². The van der Waals surface area contributed by atoms with Crippen molar-refractivity contribution in [2.45, 2.75) is 5.54 Å². The van der Waals surface area contributed by atoms with Crippen LogP contribution in [-0.4, -0.2) is 38.9 Å². The van der Waals surface area contributed by atoms with Crippen LogP contribution in [0.3, 0.4) is 0 Å². The van der Waals surface area contributed by atoms with Gasteiger partial charge >= 0.3 is 0 Å². The van der Waals surface area contributed by atoms with Crippen LogP contribution in [0.15, 0.2) is 34.9 Å². The maximum absolute atomic E-state index is 13.0. The minimum absolute atomic E-state index is 0.332. The third kappa shape index (κ3) is 3.25. The van der Waals surface area contributed by atoms with E-state index in [4.69, 9.17) is 10.7 Å². The van der Waals surface area contributed by atoms with Crippen molar-refractivity contribution in [2.75, 3.05) is 28.7 Å². The van der Waals surface area contributed by atoms with Crippen molar-refractivity contribution in [3.8, 4) is 0 Å². The molecule has 1 saturated heterocycles. The van der Waals surface area contributed by atoms with Gasteiger partial charge in [0.2, 0.25) is 5.95 Å². The van der Waals surface area contributed by atoms with Crippen molar-refractivity contribution in [3.05, 3.63) is 40.6 Å². The molecule has 2 aliphatic heterocycles. The highest BCUT2D eigenvalue weighted by Gasteiger charge is 2.51. The number of nitrogens with two attached hydrogens (primary N) is 1. The predicted octanol–water partition coefficient (Wildman–Crippen LogP) is 3.12. The summed E-state index contributed by atoms with van der Waals surface area (Å²) in [7, 11) is 0. The van der Waals surface area contributed by atoms with E-state index in [2.05, 4.69) is 48.9 Å². The summed E-state index contributed by atoms with van der Waals surface area (Å²) in [5, 5.41) is 2.69. The van der Waals surface area contributed by atoms with E-state index >= 15 is 0 Å². The summed E-state index contributed by atoms with van der Waals surface area (Å²) in [5.74, 6) is 1.39. The lowest BCUT2D eigenvalue weighted by molar-refractivity contribution is 0.395. The van der Waals surface area contributed by atoms with Crippen LogP contribution < -0.4 is 10.6 Å². The third-order valence-electron chi connectivity index (χ3n) is 4.13. The molecule has 0 aliphatic carbocycles. The summed E-state index contributed by atoms with van der Waals surface area (Å²) in [5.41, 5.74) is 5.67. The monoisotopic (exact) mass is 477 g/mol. The fourth-order valence-corrected chi connectivity index (χ4v) is 5.04. The van der Waals surface area contributed by atoms with Gasteiger partial charge in [0.25, 0.3) is 0 Å². The zero-order valence-corrected chi connectivity index (χ0v) is 16.8.